The second-order valence-electron chi connectivity index (χ2n) is 4.86. The van der Waals surface area contributed by atoms with Crippen LogP contribution in [0.3, 0.4) is 0 Å². The van der Waals surface area contributed by atoms with E-state index in [1.165, 1.54) is 0 Å². The lowest BCUT2D eigenvalue weighted by Gasteiger charge is -2.29. The average Bonchev–Trinajstić information content (AvgIpc) is 2.50. The largest absolute Gasteiger partial charge is 0.465 e. The molecule has 0 aliphatic rings. The number of ether oxygens (including phenoxy) is 3. The Morgan fingerprint density at radius 1 is 1.04 bits per heavy atom. The maximum atomic E-state index is 12.5. The first-order chi connectivity index (χ1) is 10.9. The Labute approximate surface area is 143 Å². The van der Waals surface area contributed by atoms with Gasteiger partial charge in [-0.25, -0.2) is 0 Å². The maximum Gasteiger partial charge on any atom is 0.323 e. The van der Waals surface area contributed by atoms with Gasteiger partial charge in [0.05, 0.1) is 13.2 Å². The minimum absolute atomic E-state index is 0.178. The van der Waals surface area contributed by atoms with Crippen LogP contribution in [0.15, 0.2) is 0 Å². The Bertz CT molecular complexity index is 372. The summed E-state index contributed by atoms with van der Waals surface area (Å²) in [5, 5.41) is 2.98. The van der Waals surface area contributed by atoms with E-state index in [4.69, 9.17) is 32.2 Å². The van der Waals surface area contributed by atoms with Crippen molar-refractivity contribution in [2.45, 2.75) is 40.0 Å². The van der Waals surface area contributed by atoms with Crippen LogP contribution in [0.4, 0.5) is 0 Å². The highest BCUT2D eigenvalue weighted by Gasteiger charge is 2.48. The molecule has 0 amide bonds. The highest BCUT2D eigenvalue weighted by atomic mass is 32.1. The number of nitrogens with one attached hydrogen (secondary N) is 1. The van der Waals surface area contributed by atoms with Crippen molar-refractivity contribution in [1.82, 2.24) is 5.32 Å². The molecule has 23 heavy (non-hydrogen) atoms. The first-order valence-electron chi connectivity index (χ1n) is 7.90. The summed E-state index contributed by atoms with van der Waals surface area (Å²) >= 11 is 4.74. The molecule has 0 spiro atoms. The van der Waals surface area contributed by atoms with Crippen molar-refractivity contribution < 1.29 is 23.8 Å². The standard InChI is InChI=1S/C15H28N2O5S/c1-4-20-11-9-15(12(18)21-5-2,13(19)22-6-3)8-7-10-17-14(16)23/h4-11H2,1-3H3,(H3,16,17,23). The summed E-state index contributed by atoms with van der Waals surface area (Å²) in [5.74, 6) is -1.15. The molecule has 0 aliphatic carbocycles. The fourth-order valence-electron chi connectivity index (χ4n) is 2.15. The van der Waals surface area contributed by atoms with E-state index in [0.717, 1.165) is 0 Å². The molecule has 0 heterocycles. The smallest absolute Gasteiger partial charge is 0.323 e. The van der Waals surface area contributed by atoms with Crippen molar-refractivity contribution in [3.63, 3.8) is 0 Å². The highest BCUT2D eigenvalue weighted by Crippen LogP contribution is 2.32. The number of esters is 2. The number of carbonyl (C=O) groups is 2. The van der Waals surface area contributed by atoms with E-state index in [1.807, 2.05) is 6.92 Å². The zero-order valence-corrected chi connectivity index (χ0v) is 15.0. The molecule has 7 nitrogen and oxygen atoms in total. The van der Waals surface area contributed by atoms with Crippen LogP contribution in [-0.4, -0.2) is 50.0 Å². The summed E-state index contributed by atoms with van der Waals surface area (Å²) in [6, 6.07) is 0. The molecule has 0 saturated carbocycles. The second-order valence-corrected chi connectivity index (χ2v) is 5.30. The van der Waals surface area contributed by atoms with Gasteiger partial charge in [-0.1, -0.05) is 0 Å². The molecule has 0 atom stereocenters. The van der Waals surface area contributed by atoms with Crippen molar-refractivity contribution >= 4 is 29.3 Å². The highest BCUT2D eigenvalue weighted by molar-refractivity contribution is 7.80. The molecule has 8 heteroatoms. The number of hydrogen-bond donors (Lipinski definition) is 2. The molecule has 0 aromatic heterocycles. The summed E-state index contributed by atoms with van der Waals surface area (Å²) < 4.78 is 15.6. The molecule has 3 N–H and O–H groups in total. The topological polar surface area (TPSA) is 99.9 Å². The third kappa shape index (κ3) is 7.60. The number of nitrogens with two attached hydrogens (primary N) is 1. The third-order valence-electron chi connectivity index (χ3n) is 3.29. The molecule has 0 bridgehead atoms. The zero-order chi connectivity index (χ0) is 17.7. The SMILES string of the molecule is CCOCCC(CCCNC(N)=S)(C(=O)OCC)C(=O)OCC. The van der Waals surface area contributed by atoms with E-state index in [9.17, 15) is 9.59 Å². The van der Waals surface area contributed by atoms with Crippen molar-refractivity contribution in [3.8, 4) is 0 Å². The van der Waals surface area contributed by atoms with Crippen LogP contribution < -0.4 is 11.1 Å². The number of rotatable bonds is 12. The van der Waals surface area contributed by atoms with Crippen LogP contribution in [0.25, 0.3) is 0 Å². The molecule has 0 radical (unpaired) electrons. The van der Waals surface area contributed by atoms with Crippen molar-refractivity contribution in [3.05, 3.63) is 0 Å². The lowest BCUT2D eigenvalue weighted by Crippen LogP contribution is -2.44. The monoisotopic (exact) mass is 348 g/mol. The number of thiocarbonyl (C=S) groups is 1. The van der Waals surface area contributed by atoms with E-state index in [1.54, 1.807) is 13.8 Å². The van der Waals surface area contributed by atoms with E-state index < -0.39 is 17.4 Å². The second kappa shape index (κ2) is 12.1. The van der Waals surface area contributed by atoms with Gasteiger partial charge in [-0.15, -0.1) is 0 Å². The molecule has 0 saturated heterocycles. The molecular formula is C15H28N2O5S. The summed E-state index contributed by atoms with van der Waals surface area (Å²) in [6.45, 7) is 6.88. The van der Waals surface area contributed by atoms with Crippen molar-refractivity contribution in [1.29, 1.82) is 0 Å². The van der Waals surface area contributed by atoms with Gasteiger partial charge in [0.1, 0.15) is 0 Å². The molecule has 0 fully saturated rings. The van der Waals surface area contributed by atoms with Crippen LogP contribution in [0.2, 0.25) is 0 Å². The van der Waals surface area contributed by atoms with Crippen LogP contribution in [0, 0.1) is 5.41 Å². The van der Waals surface area contributed by atoms with Crippen LogP contribution in [-0.2, 0) is 23.8 Å². The summed E-state index contributed by atoms with van der Waals surface area (Å²) in [7, 11) is 0. The average molecular weight is 348 g/mol. The van der Waals surface area contributed by atoms with E-state index in [2.05, 4.69) is 5.32 Å². The van der Waals surface area contributed by atoms with Crippen LogP contribution in [0.5, 0.6) is 0 Å². The van der Waals surface area contributed by atoms with Gasteiger partial charge >= 0.3 is 11.9 Å². The molecular weight excluding hydrogens is 320 g/mol. The van der Waals surface area contributed by atoms with Gasteiger partial charge in [0.2, 0.25) is 0 Å². The fourth-order valence-corrected chi connectivity index (χ4v) is 2.25. The Balaban J connectivity index is 5.14. The first-order valence-corrected chi connectivity index (χ1v) is 8.30. The van der Waals surface area contributed by atoms with Gasteiger partial charge in [-0.05, 0) is 52.3 Å². The predicted octanol–water partition coefficient (Wildman–Crippen LogP) is 1.14. The summed E-state index contributed by atoms with van der Waals surface area (Å²) in [4.78, 5) is 24.9. The predicted molar refractivity (Wildman–Crippen MR) is 90.8 cm³/mol. The van der Waals surface area contributed by atoms with Gasteiger partial charge in [0.25, 0.3) is 0 Å². The Morgan fingerprint density at radius 3 is 2.04 bits per heavy atom. The van der Waals surface area contributed by atoms with Gasteiger partial charge in [-0.2, -0.15) is 0 Å². The van der Waals surface area contributed by atoms with E-state index >= 15 is 0 Å². The minimum Gasteiger partial charge on any atom is -0.465 e. The summed E-state index contributed by atoms with van der Waals surface area (Å²) in [5.41, 5.74) is 4.01. The van der Waals surface area contributed by atoms with Gasteiger partial charge in [0.15, 0.2) is 10.5 Å². The van der Waals surface area contributed by atoms with Crippen molar-refractivity contribution in [2.24, 2.45) is 11.1 Å². The normalized spacial score (nSPS) is 10.9. The lowest BCUT2D eigenvalue weighted by molar-refractivity contribution is -0.174. The van der Waals surface area contributed by atoms with E-state index in [0.29, 0.717) is 19.6 Å². The Morgan fingerprint density at radius 2 is 1.61 bits per heavy atom. The number of hydrogen-bond acceptors (Lipinski definition) is 6. The maximum absolute atomic E-state index is 12.5. The lowest BCUT2D eigenvalue weighted by atomic mass is 9.80. The molecule has 0 aromatic rings. The summed E-state index contributed by atoms with van der Waals surface area (Å²) in [6.07, 6.45) is 1.00. The fraction of sp³-hybridized carbons (Fsp3) is 0.800. The Hall–Kier alpha value is -1.41. The third-order valence-corrected chi connectivity index (χ3v) is 3.43. The van der Waals surface area contributed by atoms with Crippen LogP contribution >= 0.6 is 12.2 Å². The molecule has 0 aromatic carbocycles. The van der Waals surface area contributed by atoms with Gasteiger partial charge < -0.3 is 25.3 Å². The minimum atomic E-state index is -1.36. The molecule has 0 aliphatic heterocycles. The Kier molecular flexibility index (Phi) is 11.3. The van der Waals surface area contributed by atoms with Gasteiger partial charge in [-0.3, -0.25) is 9.59 Å². The molecule has 0 rings (SSSR count). The zero-order valence-electron chi connectivity index (χ0n) is 14.2. The van der Waals surface area contributed by atoms with Gasteiger partial charge in [0, 0.05) is 19.8 Å². The van der Waals surface area contributed by atoms with Crippen LogP contribution in [0.1, 0.15) is 40.0 Å². The quantitative estimate of drug-likeness (QED) is 0.234. The number of carbonyl (C=O) groups excluding carboxylic acids is 2. The molecule has 134 valence electrons. The molecule has 0 unspecified atom stereocenters. The van der Waals surface area contributed by atoms with E-state index in [-0.39, 0.29) is 37.8 Å². The first kappa shape index (κ1) is 21.6. The van der Waals surface area contributed by atoms with Crippen molar-refractivity contribution in [2.75, 3.05) is 33.0 Å².